The maximum absolute atomic E-state index is 14.4. The molecule has 4 rings (SSSR count). The average Bonchev–Trinajstić information content (AvgIpc) is 2.94. The zero-order chi connectivity index (χ0) is 20.7. The van der Waals surface area contributed by atoms with Gasteiger partial charge in [0.1, 0.15) is 11.5 Å². The van der Waals surface area contributed by atoms with Crippen LogP contribution in [0.1, 0.15) is 5.56 Å². The maximum atomic E-state index is 14.4. The molecule has 0 bridgehead atoms. The monoisotopic (exact) mass is 433 g/mol. The molecule has 2 aromatic rings. The zero-order valence-corrected chi connectivity index (χ0v) is 17.2. The highest BCUT2D eigenvalue weighted by molar-refractivity contribution is 6.47. The van der Waals surface area contributed by atoms with Gasteiger partial charge in [-0.3, -0.25) is 9.59 Å². The number of anilines is 1. The summed E-state index contributed by atoms with van der Waals surface area (Å²) in [5, 5.41) is 0.680. The van der Waals surface area contributed by atoms with Gasteiger partial charge in [0.2, 0.25) is 0 Å². The van der Waals surface area contributed by atoms with Gasteiger partial charge in [0.05, 0.1) is 16.3 Å². The minimum absolute atomic E-state index is 0.0748. The van der Waals surface area contributed by atoms with Crippen LogP contribution in [0.2, 0.25) is 10.0 Å². The van der Waals surface area contributed by atoms with E-state index in [-0.39, 0.29) is 22.0 Å². The molecule has 1 fully saturated rings. The molecule has 2 amide bonds. The topological polar surface area (TPSA) is 43.9 Å². The number of likely N-dealkylation sites (N-methyl/N-ethyl adjacent to an activating group) is 1. The van der Waals surface area contributed by atoms with Gasteiger partial charge in [-0.25, -0.2) is 9.29 Å². The summed E-state index contributed by atoms with van der Waals surface area (Å²) in [6, 6.07) is 10.5. The molecule has 2 heterocycles. The molecule has 5 nitrogen and oxygen atoms in total. The number of imide groups is 1. The summed E-state index contributed by atoms with van der Waals surface area (Å²) in [5.41, 5.74) is 0.747. The molecule has 0 radical (unpaired) electrons. The summed E-state index contributed by atoms with van der Waals surface area (Å²) < 4.78 is 14.4. The smallest absolute Gasteiger partial charge is 0.282 e. The molecule has 0 spiro atoms. The lowest BCUT2D eigenvalue weighted by Crippen LogP contribution is -2.46. The largest absolute Gasteiger partial charge is 0.364 e. The van der Waals surface area contributed by atoms with Gasteiger partial charge in [0, 0.05) is 36.8 Å². The second-order valence-electron chi connectivity index (χ2n) is 7.04. The Labute approximate surface area is 177 Å². The molecule has 0 unspecified atom stereocenters. The van der Waals surface area contributed by atoms with E-state index in [9.17, 15) is 14.0 Å². The minimum Gasteiger partial charge on any atom is -0.364 e. The molecule has 0 atom stereocenters. The van der Waals surface area contributed by atoms with Crippen molar-refractivity contribution in [1.29, 1.82) is 0 Å². The van der Waals surface area contributed by atoms with Crippen LogP contribution in [-0.4, -0.2) is 54.8 Å². The van der Waals surface area contributed by atoms with E-state index in [4.69, 9.17) is 23.2 Å². The molecular weight excluding hydrogens is 416 g/mol. The first-order valence-corrected chi connectivity index (χ1v) is 9.90. The van der Waals surface area contributed by atoms with Crippen molar-refractivity contribution in [2.75, 3.05) is 38.1 Å². The van der Waals surface area contributed by atoms with Gasteiger partial charge in [0.25, 0.3) is 11.8 Å². The van der Waals surface area contributed by atoms with Gasteiger partial charge < -0.3 is 9.80 Å². The van der Waals surface area contributed by atoms with Crippen molar-refractivity contribution >= 4 is 46.3 Å². The quantitative estimate of drug-likeness (QED) is 0.692. The number of benzene rings is 2. The van der Waals surface area contributed by atoms with E-state index in [1.807, 2.05) is 11.9 Å². The van der Waals surface area contributed by atoms with Gasteiger partial charge >= 0.3 is 0 Å². The fraction of sp³-hybridized carbons (Fsp3) is 0.238. The Morgan fingerprint density at radius 2 is 1.62 bits per heavy atom. The molecule has 0 saturated carbocycles. The first-order chi connectivity index (χ1) is 13.9. The molecule has 0 N–H and O–H groups in total. The van der Waals surface area contributed by atoms with Crippen LogP contribution in [-0.2, 0) is 9.59 Å². The number of amides is 2. The van der Waals surface area contributed by atoms with Crippen LogP contribution < -0.4 is 4.90 Å². The van der Waals surface area contributed by atoms with Gasteiger partial charge in [-0.15, -0.1) is 0 Å². The summed E-state index contributed by atoms with van der Waals surface area (Å²) in [5.74, 6) is -1.79. The number of rotatable bonds is 3. The summed E-state index contributed by atoms with van der Waals surface area (Å²) >= 11 is 12.4. The number of halogens is 3. The Balaban J connectivity index is 1.86. The van der Waals surface area contributed by atoms with Gasteiger partial charge in [-0.2, -0.15) is 0 Å². The third-order valence-corrected chi connectivity index (χ3v) is 5.72. The highest BCUT2D eigenvalue weighted by atomic mass is 35.5. The molecular formula is C21H18Cl2FN3O2. The number of carbonyl (C=O) groups excluding carboxylic acids is 2. The van der Waals surface area contributed by atoms with Crippen molar-refractivity contribution in [1.82, 2.24) is 9.80 Å². The average molecular weight is 434 g/mol. The number of piperazine rings is 1. The van der Waals surface area contributed by atoms with Crippen LogP contribution >= 0.6 is 23.2 Å². The van der Waals surface area contributed by atoms with E-state index < -0.39 is 17.6 Å². The lowest BCUT2D eigenvalue weighted by atomic mass is 10.0. The van der Waals surface area contributed by atoms with E-state index in [2.05, 4.69) is 4.90 Å². The maximum Gasteiger partial charge on any atom is 0.282 e. The van der Waals surface area contributed by atoms with Gasteiger partial charge in [0.15, 0.2) is 0 Å². The van der Waals surface area contributed by atoms with Crippen LogP contribution in [0.4, 0.5) is 10.1 Å². The normalized spacial score (nSPS) is 18.2. The molecule has 0 aromatic heterocycles. The Hall–Kier alpha value is -2.41. The highest BCUT2D eigenvalue weighted by Gasteiger charge is 2.44. The Morgan fingerprint density at radius 1 is 0.931 bits per heavy atom. The SMILES string of the molecule is CN1CCN(C2=C(c3ccc(Cl)cc3Cl)C(=O)N(c3ccccc3F)C2=O)CC1. The fourth-order valence-corrected chi connectivity index (χ4v) is 4.13. The van der Waals surface area contributed by atoms with Crippen LogP contribution in [0.25, 0.3) is 5.57 Å². The predicted octanol–water partition coefficient (Wildman–Crippen LogP) is 3.66. The van der Waals surface area contributed by atoms with Crippen molar-refractivity contribution in [3.63, 3.8) is 0 Å². The molecule has 150 valence electrons. The minimum atomic E-state index is -0.643. The van der Waals surface area contributed by atoms with Crippen molar-refractivity contribution in [2.24, 2.45) is 0 Å². The second kappa shape index (κ2) is 7.78. The molecule has 2 aromatic carbocycles. The van der Waals surface area contributed by atoms with Gasteiger partial charge in [-0.1, -0.05) is 41.4 Å². The molecule has 29 heavy (non-hydrogen) atoms. The summed E-state index contributed by atoms with van der Waals surface area (Å²) in [6.07, 6.45) is 0. The lowest BCUT2D eigenvalue weighted by Gasteiger charge is -2.34. The van der Waals surface area contributed by atoms with Crippen LogP contribution in [0.3, 0.4) is 0 Å². The molecule has 2 aliphatic rings. The first-order valence-electron chi connectivity index (χ1n) is 9.15. The Kier molecular flexibility index (Phi) is 5.34. The first kappa shape index (κ1) is 19.9. The number of nitrogens with zero attached hydrogens (tertiary/aromatic N) is 3. The number of hydrogen-bond donors (Lipinski definition) is 0. The van der Waals surface area contributed by atoms with Crippen molar-refractivity contribution in [3.05, 3.63) is 69.6 Å². The van der Waals surface area contributed by atoms with Crippen molar-refractivity contribution in [3.8, 4) is 0 Å². The number of carbonyl (C=O) groups is 2. The lowest BCUT2D eigenvalue weighted by molar-refractivity contribution is -0.120. The second-order valence-corrected chi connectivity index (χ2v) is 7.88. The molecule has 1 saturated heterocycles. The van der Waals surface area contributed by atoms with Crippen molar-refractivity contribution in [2.45, 2.75) is 0 Å². The van der Waals surface area contributed by atoms with E-state index in [1.54, 1.807) is 18.2 Å². The highest BCUT2D eigenvalue weighted by Crippen LogP contribution is 2.39. The van der Waals surface area contributed by atoms with Crippen LogP contribution in [0.15, 0.2) is 48.2 Å². The number of para-hydroxylation sites is 1. The van der Waals surface area contributed by atoms with E-state index in [0.717, 1.165) is 18.0 Å². The van der Waals surface area contributed by atoms with E-state index in [0.29, 0.717) is 23.7 Å². The standard InChI is InChI=1S/C21H18Cl2FN3O2/c1-25-8-10-26(11-9-25)19-18(14-7-6-13(22)12-15(14)23)20(28)27(21(19)29)17-5-3-2-4-16(17)24/h2-7,12H,8-11H2,1H3. The van der Waals surface area contributed by atoms with Crippen LogP contribution in [0, 0.1) is 5.82 Å². The molecule has 0 aliphatic carbocycles. The Morgan fingerprint density at radius 3 is 2.28 bits per heavy atom. The van der Waals surface area contributed by atoms with Crippen molar-refractivity contribution < 1.29 is 14.0 Å². The predicted molar refractivity (Wildman–Crippen MR) is 111 cm³/mol. The van der Waals surface area contributed by atoms with Gasteiger partial charge in [-0.05, 0) is 31.3 Å². The fourth-order valence-electron chi connectivity index (χ4n) is 3.63. The van der Waals surface area contributed by atoms with E-state index >= 15 is 0 Å². The molecule has 2 aliphatic heterocycles. The third-order valence-electron chi connectivity index (χ3n) is 5.17. The van der Waals surface area contributed by atoms with E-state index in [1.165, 1.54) is 24.3 Å². The number of hydrogen-bond acceptors (Lipinski definition) is 4. The molecule has 8 heteroatoms. The third kappa shape index (κ3) is 3.52. The summed E-state index contributed by atoms with van der Waals surface area (Å²) in [7, 11) is 2.00. The Bertz CT molecular complexity index is 1030. The zero-order valence-electron chi connectivity index (χ0n) is 15.7. The summed E-state index contributed by atoms with van der Waals surface area (Å²) in [6.45, 7) is 2.63. The summed E-state index contributed by atoms with van der Waals surface area (Å²) in [4.78, 5) is 31.7. The van der Waals surface area contributed by atoms with Crippen LogP contribution in [0.5, 0.6) is 0 Å².